The third-order valence-corrected chi connectivity index (χ3v) is 7.64. The Morgan fingerprint density at radius 2 is 1.57 bits per heavy atom. The van der Waals surface area contributed by atoms with Crippen LogP contribution in [0.15, 0.2) is 48.5 Å². The lowest BCUT2D eigenvalue weighted by molar-refractivity contribution is -0.164. The molecule has 35 heavy (non-hydrogen) atoms. The Hall–Kier alpha value is -3.49. The summed E-state index contributed by atoms with van der Waals surface area (Å²) >= 11 is 0. The fourth-order valence-electron chi connectivity index (χ4n) is 6.04. The molecule has 2 bridgehead atoms. The van der Waals surface area contributed by atoms with Crippen molar-refractivity contribution in [3.05, 3.63) is 59.7 Å². The van der Waals surface area contributed by atoms with Gasteiger partial charge in [0.25, 0.3) is 0 Å². The molecule has 3 aliphatic carbocycles. The topological polar surface area (TPSA) is 105 Å². The number of nitrogens with one attached hydrogen (secondary N) is 2. The molecular weight excluding hydrogens is 458 g/mol. The standard InChI is InChI=1S/C26H26F2N2O5/c27-26(28,24(32)33)13-29-23(31)21-14-9-10-15(11-14)22(21)30-25(34)35-12-20-18-7-3-1-5-16(18)17-6-2-4-8-19(17)20/h1-8,14-15,20-22H,9-13H2,(H,29,31)(H,30,34)(H,32,33). The molecule has 4 unspecified atom stereocenters. The second kappa shape index (κ2) is 8.94. The summed E-state index contributed by atoms with van der Waals surface area (Å²) in [5, 5.41) is 13.5. The number of ether oxygens (including phenoxy) is 1. The minimum Gasteiger partial charge on any atom is -0.477 e. The summed E-state index contributed by atoms with van der Waals surface area (Å²) in [4.78, 5) is 36.1. The van der Waals surface area contributed by atoms with Crippen LogP contribution in [0.3, 0.4) is 0 Å². The quantitative estimate of drug-likeness (QED) is 0.555. The molecule has 184 valence electrons. The third kappa shape index (κ3) is 4.24. The number of amides is 2. The molecule has 3 aliphatic rings. The van der Waals surface area contributed by atoms with Gasteiger partial charge in [0.15, 0.2) is 0 Å². The zero-order valence-electron chi connectivity index (χ0n) is 18.9. The summed E-state index contributed by atoms with van der Waals surface area (Å²) < 4.78 is 32.5. The molecule has 2 aromatic rings. The normalized spacial score (nSPS) is 24.5. The first-order valence-corrected chi connectivity index (χ1v) is 11.8. The number of carboxylic acids is 1. The third-order valence-electron chi connectivity index (χ3n) is 7.64. The summed E-state index contributed by atoms with van der Waals surface area (Å²) in [6, 6.07) is 15.4. The molecule has 2 fully saturated rings. The van der Waals surface area contributed by atoms with Gasteiger partial charge in [-0.2, -0.15) is 8.78 Å². The molecule has 4 atom stereocenters. The zero-order valence-corrected chi connectivity index (χ0v) is 18.9. The minimum absolute atomic E-state index is 0.0441. The van der Waals surface area contributed by atoms with E-state index >= 15 is 0 Å². The van der Waals surface area contributed by atoms with E-state index in [1.54, 1.807) is 0 Å². The largest absolute Gasteiger partial charge is 0.477 e. The molecule has 3 N–H and O–H groups in total. The fourth-order valence-corrected chi connectivity index (χ4v) is 6.04. The first-order chi connectivity index (χ1) is 16.8. The highest BCUT2D eigenvalue weighted by Crippen LogP contribution is 2.49. The van der Waals surface area contributed by atoms with Crippen LogP contribution in [0.2, 0.25) is 0 Å². The molecule has 0 aliphatic heterocycles. The molecule has 2 amide bonds. The van der Waals surface area contributed by atoms with Crippen LogP contribution in [0.25, 0.3) is 11.1 Å². The maximum Gasteiger partial charge on any atom is 0.407 e. The number of aliphatic carboxylic acids is 1. The molecule has 0 saturated heterocycles. The number of rotatable bonds is 7. The van der Waals surface area contributed by atoms with Crippen molar-refractivity contribution in [2.24, 2.45) is 17.8 Å². The maximum absolute atomic E-state index is 13.4. The van der Waals surface area contributed by atoms with E-state index in [1.165, 1.54) is 0 Å². The summed E-state index contributed by atoms with van der Waals surface area (Å²) in [6.45, 7) is -1.16. The fraction of sp³-hybridized carbons (Fsp3) is 0.423. The van der Waals surface area contributed by atoms with Crippen LogP contribution >= 0.6 is 0 Å². The Balaban J connectivity index is 1.23. The van der Waals surface area contributed by atoms with Gasteiger partial charge >= 0.3 is 18.0 Å². The van der Waals surface area contributed by atoms with Gasteiger partial charge in [-0.25, -0.2) is 9.59 Å². The summed E-state index contributed by atoms with van der Waals surface area (Å²) in [7, 11) is 0. The number of hydrogen-bond acceptors (Lipinski definition) is 4. The molecule has 0 radical (unpaired) electrons. The van der Waals surface area contributed by atoms with Crippen molar-refractivity contribution in [2.45, 2.75) is 37.1 Å². The highest BCUT2D eigenvalue weighted by atomic mass is 19.3. The molecule has 9 heteroatoms. The second-order valence-corrected chi connectivity index (χ2v) is 9.58. The molecular formula is C26H26F2N2O5. The Morgan fingerprint density at radius 3 is 2.20 bits per heavy atom. The molecule has 7 nitrogen and oxygen atoms in total. The van der Waals surface area contributed by atoms with Gasteiger partial charge in [0, 0.05) is 12.0 Å². The van der Waals surface area contributed by atoms with Gasteiger partial charge in [0.05, 0.1) is 12.5 Å². The van der Waals surface area contributed by atoms with Gasteiger partial charge < -0.3 is 20.5 Å². The average molecular weight is 484 g/mol. The molecule has 2 saturated carbocycles. The zero-order chi connectivity index (χ0) is 24.7. The van der Waals surface area contributed by atoms with Gasteiger partial charge in [-0.3, -0.25) is 4.79 Å². The Labute approximate surface area is 200 Å². The maximum atomic E-state index is 13.4. The van der Waals surface area contributed by atoms with E-state index in [0.29, 0.717) is 6.42 Å². The van der Waals surface area contributed by atoms with Gasteiger partial charge in [-0.1, -0.05) is 48.5 Å². The van der Waals surface area contributed by atoms with E-state index in [2.05, 4.69) is 10.6 Å². The summed E-state index contributed by atoms with van der Waals surface area (Å²) in [5.41, 5.74) is 4.39. The van der Waals surface area contributed by atoms with E-state index < -0.39 is 42.4 Å². The van der Waals surface area contributed by atoms with E-state index in [-0.39, 0.29) is 24.4 Å². The summed E-state index contributed by atoms with van der Waals surface area (Å²) in [5.74, 6) is -7.80. The molecule has 0 aromatic heterocycles. The van der Waals surface area contributed by atoms with Crippen molar-refractivity contribution in [3.8, 4) is 11.1 Å². The number of carboxylic acid groups (broad SMARTS) is 1. The monoisotopic (exact) mass is 484 g/mol. The predicted molar refractivity (Wildman–Crippen MR) is 122 cm³/mol. The van der Waals surface area contributed by atoms with Crippen molar-refractivity contribution in [1.82, 2.24) is 10.6 Å². The van der Waals surface area contributed by atoms with Crippen molar-refractivity contribution in [3.63, 3.8) is 0 Å². The van der Waals surface area contributed by atoms with E-state index in [4.69, 9.17) is 9.84 Å². The van der Waals surface area contributed by atoms with Gasteiger partial charge in [-0.05, 0) is 53.4 Å². The number of alkyl halides is 2. The number of benzene rings is 2. The average Bonchev–Trinajstić information content (AvgIpc) is 3.53. The first kappa shape index (κ1) is 23.3. The number of alkyl carbamates (subject to hydrolysis) is 1. The SMILES string of the molecule is O=C(NC1C2CCC(C2)C1C(=O)NCC(F)(F)C(=O)O)OCC1c2ccccc2-c2ccccc21. The Bertz CT molecular complexity index is 1120. The van der Waals surface area contributed by atoms with Crippen LogP contribution in [-0.4, -0.2) is 48.2 Å². The van der Waals surface area contributed by atoms with Crippen LogP contribution < -0.4 is 10.6 Å². The van der Waals surface area contributed by atoms with Crippen LogP contribution in [-0.2, 0) is 14.3 Å². The molecule has 0 heterocycles. The van der Waals surface area contributed by atoms with Crippen LogP contribution in [0.4, 0.5) is 13.6 Å². The number of fused-ring (bicyclic) bond motifs is 5. The van der Waals surface area contributed by atoms with Crippen LogP contribution in [0, 0.1) is 17.8 Å². The van der Waals surface area contributed by atoms with Crippen molar-refractivity contribution < 1.29 is 33.0 Å². The van der Waals surface area contributed by atoms with Crippen molar-refractivity contribution in [2.75, 3.05) is 13.2 Å². The van der Waals surface area contributed by atoms with Crippen molar-refractivity contribution >= 4 is 18.0 Å². The predicted octanol–water partition coefficient (Wildman–Crippen LogP) is 3.78. The lowest BCUT2D eigenvalue weighted by atomic mass is 9.83. The Kier molecular flexibility index (Phi) is 5.94. The van der Waals surface area contributed by atoms with E-state index in [9.17, 15) is 23.2 Å². The van der Waals surface area contributed by atoms with E-state index in [1.807, 2.05) is 48.5 Å². The molecule has 5 rings (SSSR count). The highest BCUT2D eigenvalue weighted by Gasteiger charge is 2.52. The first-order valence-electron chi connectivity index (χ1n) is 11.8. The van der Waals surface area contributed by atoms with Crippen molar-refractivity contribution in [1.29, 1.82) is 0 Å². The van der Waals surface area contributed by atoms with Gasteiger partial charge in [0.2, 0.25) is 5.91 Å². The number of carbonyl (C=O) groups is 3. The number of halogens is 2. The highest BCUT2D eigenvalue weighted by molar-refractivity contribution is 5.83. The van der Waals surface area contributed by atoms with Gasteiger partial charge in [0.1, 0.15) is 6.61 Å². The van der Waals surface area contributed by atoms with Crippen LogP contribution in [0.1, 0.15) is 36.3 Å². The lowest BCUT2D eigenvalue weighted by Gasteiger charge is -2.31. The van der Waals surface area contributed by atoms with Gasteiger partial charge in [-0.15, -0.1) is 0 Å². The Morgan fingerprint density at radius 1 is 0.971 bits per heavy atom. The van der Waals surface area contributed by atoms with Crippen LogP contribution in [0.5, 0.6) is 0 Å². The number of carbonyl (C=O) groups excluding carboxylic acids is 2. The van der Waals surface area contributed by atoms with E-state index in [0.717, 1.165) is 35.1 Å². The lowest BCUT2D eigenvalue weighted by Crippen LogP contribution is -2.52. The molecule has 2 aromatic carbocycles. The second-order valence-electron chi connectivity index (χ2n) is 9.58. The molecule has 0 spiro atoms. The summed E-state index contributed by atoms with van der Waals surface area (Å²) in [6.07, 6.45) is 1.65. The number of hydrogen-bond donors (Lipinski definition) is 3. The smallest absolute Gasteiger partial charge is 0.407 e. The minimum atomic E-state index is -4.05.